The molecule has 2 aromatic heterocycles. The van der Waals surface area contributed by atoms with Crippen molar-refractivity contribution in [2.24, 2.45) is 0 Å². The number of para-hydroxylation sites is 2. The molecule has 0 aliphatic rings. The third kappa shape index (κ3) is 12.4. The number of halogens is 2. The average molecular weight is 1300 g/mol. The lowest BCUT2D eigenvalue weighted by Gasteiger charge is -2.24. The highest BCUT2D eigenvalue weighted by molar-refractivity contribution is 6.36. The van der Waals surface area contributed by atoms with Gasteiger partial charge in [-0.05, 0) is 139 Å². The highest BCUT2D eigenvalue weighted by Gasteiger charge is 2.31. The number of nitrogens with zero attached hydrogens (tertiary/aromatic N) is 2. The van der Waals surface area contributed by atoms with Gasteiger partial charge in [-0.25, -0.2) is 4.39 Å². The van der Waals surface area contributed by atoms with Gasteiger partial charge < -0.3 is 53.2 Å². The number of pyridine rings is 2. The van der Waals surface area contributed by atoms with E-state index >= 15 is 4.39 Å². The molecule has 0 fully saturated rings. The van der Waals surface area contributed by atoms with Gasteiger partial charge >= 0.3 is 5.97 Å². The number of ether oxygens (including phenoxy) is 8. The summed E-state index contributed by atoms with van der Waals surface area (Å²) in [7, 11) is 9.26. The first-order valence-corrected chi connectivity index (χ1v) is 30.7. The van der Waals surface area contributed by atoms with Crippen LogP contribution in [0.2, 0.25) is 5.02 Å². The summed E-state index contributed by atoms with van der Waals surface area (Å²) in [6.07, 6.45) is 1.79. The van der Waals surface area contributed by atoms with E-state index in [-0.39, 0.29) is 56.0 Å². The number of aryl methyl sites for hydroxylation is 2. The predicted molar refractivity (Wildman–Crippen MR) is 373 cm³/mol. The third-order valence-corrected chi connectivity index (χ3v) is 17.0. The van der Waals surface area contributed by atoms with Gasteiger partial charge in [0.25, 0.3) is 0 Å². The molecule has 0 bridgehead atoms. The van der Waals surface area contributed by atoms with E-state index in [0.717, 1.165) is 22.9 Å². The van der Waals surface area contributed by atoms with Crippen molar-refractivity contribution in [2.75, 3.05) is 42.7 Å². The predicted octanol–water partition coefficient (Wildman–Crippen LogP) is 19.4. The smallest absolute Gasteiger partial charge is 0.308 e. The number of benzene rings is 10. The molecule has 0 radical (unpaired) electrons. The molecule has 0 spiro atoms. The molecule has 96 heavy (non-hydrogen) atoms. The van der Waals surface area contributed by atoms with Gasteiger partial charge in [-0.3, -0.25) is 14.8 Å². The van der Waals surface area contributed by atoms with Crippen molar-refractivity contribution in [1.82, 2.24) is 9.97 Å². The number of carbonyl (C=O) groups excluding carboxylic acids is 1. The zero-order chi connectivity index (χ0) is 67.5. The molecule has 0 aliphatic carbocycles. The lowest BCUT2D eigenvalue weighted by atomic mass is 9.85. The number of aromatic hydroxyl groups is 3. The van der Waals surface area contributed by atoms with Crippen molar-refractivity contribution >= 4 is 17.6 Å². The minimum Gasteiger partial charge on any atom is -0.508 e. The summed E-state index contributed by atoms with van der Waals surface area (Å²) in [5.41, 5.74) is 10.7. The number of phenols is 3. The highest BCUT2D eigenvalue weighted by Crippen LogP contribution is 2.56. The van der Waals surface area contributed by atoms with E-state index in [0.29, 0.717) is 124 Å². The molecule has 0 atom stereocenters. The van der Waals surface area contributed by atoms with Gasteiger partial charge in [0.05, 0.1) is 53.4 Å². The Bertz CT molecular complexity index is 4980. The van der Waals surface area contributed by atoms with E-state index in [1.54, 1.807) is 117 Å². The van der Waals surface area contributed by atoms with Crippen LogP contribution in [0.15, 0.2) is 206 Å². The number of rotatable bonds is 19. The summed E-state index contributed by atoms with van der Waals surface area (Å²) in [6, 6.07) is 57.8. The fourth-order valence-corrected chi connectivity index (χ4v) is 12.7. The molecule has 0 saturated carbocycles. The van der Waals surface area contributed by atoms with Crippen molar-refractivity contribution in [2.45, 2.75) is 20.8 Å². The van der Waals surface area contributed by atoms with E-state index in [1.165, 1.54) is 41.4 Å². The van der Waals surface area contributed by atoms with Crippen LogP contribution in [0.5, 0.6) is 69.0 Å². The van der Waals surface area contributed by atoms with Crippen LogP contribution in [0, 0.1) is 19.7 Å². The Morgan fingerprint density at radius 1 is 0.417 bits per heavy atom. The van der Waals surface area contributed by atoms with Gasteiger partial charge in [0.1, 0.15) is 74.8 Å². The Balaban J connectivity index is 1.06. The largest absolute Gasteiger partial charge is 0.508 e. The van der Waals surface area contributed by atoms with Crippen molar-refractivity contribution in [3.8, 4) is 180 Å². The van der Waals surface area contributed by atoms with Crippen LogP contribution in [0.1, 0.15) is 18.3 Å². The Kier molecular flexibility index (Phi) is 18.4. The molecule has 0 saturated heterocycles. The summed E-state index contributed by atoms with van der Waals surface area (Å²) in [5, 5.41) is 36.5. The maximum absolute atomic E-state index is 17.8. The number of phenolic OH excluding ortho intramolecular Hbond substituents is 3. The second-order valence-electron chi connectivity index (χ2n) is 22.4. The second-order valence-corrected chi connectivity index (χ2v) is 22.8. The first-order valence-electron chi connectivity index (χ1n) is 30.4. The van der Waals surface area contributed by atoms with E-state index in [9.17, 15) is 20.1 Å². The van der Waals surface area contributed by atoms with E-state index in [1.807, 2.05) is 105 Å². The monoisotopic (exact) mass is 1300 g/mol. The van der Waals surface area contributed by atoms with Crippen molar-refractivity contribution in [3.05, 3.63) is 229 Å². The molecule has 2 heterocycles. The molecular formula is C80H64ClFN2O12. The first-order chi connectivity index (χ1) is 46.5. The second kappa shape index (κ2) is 27.4. The molecule has 12 rings (SSSR count). The van der Waals surface area contributed by atoms with Crippen LogP contribution in [-0.4, -0.2) is 73.9 Å². The standard InChI is InChI=1S/C80H64ClFN2O12/c1-44-30-31-48(43-83-44)61-42-69(65-37-51(89-4)32-33-72(65)92-7)84-45(2)73(61)59-26-14-24-57(77(59)81)63-35-49(86)36-68(82)74(63)60-27-15-25-58(80(60)96-50-19-11-10-12-20-50)55-22-16-28-70(87)75(55)67-41-54(91-6)39-64(79(67)94-9)56-23-17-29-71(88)76(56)66-40-53(90-5)38-62(78(66)93-8)47-18-13-21-52(34-47)95-46(3)85/h10-43,86-88H,1-9H3. The topological polar surface area (TPSA) is 177 Å². The fourth-order valence-electron chi connectivity index (χ4n) is 12.3. The van der Waals surface area contributed by atoms with Crippen LogP contribution in [0.4, 0.5) is 4.39 Å². The molecular weight excluding hydrogens is 1240 g/mol. The van der Waals surface area contributed by atoms with Gasteiger partial charge in [0.2, 0.25) is 0 Å². The molecule has 16 heteroatoms. The van der Waals surface area contributed by atoms with Gasteiger partial charge in [-0.15, -0.1) is 0 Å². The quantitative estimate of drug-likeness (QED) is 0.0515. The summed E-state index contributed by atoms with van der Waals surface area (Å²) in [6.45, 7) is 5.13. The van der Waals surface area contributed by atoms with Crippen LogP contribution in [0.25, 0.3) is 111 Å². The Labute approximate surface area is 559 Å². The molecule has 3 N–H and O–H groups in total. The minimum atomic E-state index is -0.796. The molecule has 0 unspecified atom stereocenters. The first kappa shape index (κ1) is 64.3. The maximum Gasteiger partial charge on any atom is 0.308 e. The van der Waals surface area contributed by atoms with E-state index < -0.39 is 11.8 Å². The maximum atomic E-state index is 17.8. The van der Waals surface area contributed by atoms with E-state index in [4.69, 9.17) is 54.5 Å². The van der Waals surface area contributed by atoms with Gasteiger partial charge in [-0.1, -0.05) is 109 Å². The fraction of sp³-hybridized carbons (Fsp3) is 0.113. The normalized spacial score (nSPS) is 11.0. The lowest BCUT2D eigenvalue weighted by Crippen LogP contribution is -2.01. The molecule has 10 aromatic carbocycles. The lowest BCUT2D eigenvalue weighted by molar-refractivity contribution is -0.131. The number of aromatic nitrogens is 2. The van der Waals surface area contributed by atoms with Crippen LogP contribution in [-0.2, 0) is 4.79 Å². The zero-order valence-electron chi connectivity index (χ0n) is 53.8. The number of carbonyl (C=O) groups is 1. The van der Waals surface area contributed by atoms with Gasteiger partial charge in [0.15, 0.2) is 0 Å². The Hall–Kier alpha value is -11.8. The van der Waals surface area contributed by atoms with Crippen molar-refractivity contribution < 1.29 is 62.4 Å². The summed E-state index contributed by atoms with van der Waals surface area (Å²) < 4.78 is 66.4. The minimum absolute atomic E-state index is 0.0329. The molecule has 14 nitrogen and oxygen atoms in total. The molecule has 0 aliphatic heterocycles. The Morgan fingerprint density at radius 3 is 1.62 bits per heavy atom. The molecule has 0 amide bonds. The van der Waals surface area contributed by atoms with Gasteiger partial charge in [-0.2, -0.15) is 0 Å². The number of methoxy groups -OCH3 is 6. The number of hydrogen-bond acceptors (Lipinski definition) is 14. The molecule has 480 valence electrons. The molecule has 12 aromatic rings. The average Bonchev–Trinajstić information content (AvgIpc) is 0.750. The van der Waals surface area contributed by atoms with E-state index in [2.05, 4.69) is 4.98 Å². The summed E-state index contributed by atoms with van der Waals surface area (Å²) >= 11 is 7.78. The summed E-state index contributed by atoms with van der Waals surface area (Å²) in [4.78, 5) is 21.9. The highest BCUT2D eigenvalue weighted by atomic mass is 35.5. The SMILES string of the molecule is COc1ccc(OC)c(-c2cc(-c3ccc(C)nc3)c(-c3cccc(-c4cc(O)cc(F)c4-c4cccc(-c5cccc(O)c5-c5cc(OC)cc(-c6cccc(O)c6-c6cc(OC)cc(-c7cccc(OC(C)=O)c7)c6OC)c5OC)c4Oc4ccccc4)c3Cl)c(C)n2)c1. The van der Waals surface area contributed by atoms with Crippen LogP contribution < -0.4 is 37.9 Å². The van der Waals surface area contributed by atoms with Gasteiger partial charge in [0, 0.05) is 108 Å². The Morgan fingerprint density at radius 2 is 0.990 bits per heavy atom. The third-order valence-electron chi connectivity index (χ3n) is 16.6. The summed E-state index contributed by atoms with van der Waals surface area (Å²) in [5.74, 6) is 1.50. The van der Waals surface area contributed by atoms with Crippen molar-refractivity contribution in [1.29, 1.82) is 0 Å². The number of hydrogen-bond donors (Lipinski definition) is 3. The van der Waals surface area contributed by atoms with Crippen LogP contribution in [0.3, 0.4) is 0 Å². The van der Waals surface area contributed by atoms with Crippen LogP contribution >= 0.6 is 11.6 Å². The van der Waals surface area contributed by atoms with Crippen molar-refractivity contribution in [3.63, 3.8) is 0 Å². The zero-order valence-corrected chi connectivity index (χ0v) is 54.6. The number of esters is 1.